The molecule has 15 heavy (non-hydrogen) atoms. The maximum absolute atomic E-state index is 10.3. The van der Waals surface area contributed by atoms with E-state index in [2.05, 4.69) is 10.0 Å². The molecule has 0 spiro atoms. The fraction of sp³-hybridized carbons (Fsp3) is 0.250. The van der Waals surface area contributed by atoms with Gasteiger partial charge in [0.25, 0.3) is 5.69 Å². The monoisotopic (exact) mass is 208 g/mol. The normalized spacial score (nSPS) is 11.5. The number of hydrogen-bond donors (Lipinski definition) is 1. The molecule has 0 heterocycles. The molecule has 0 fully saturated rings. The molecule has 1 aromatic rings. The van der Waals surface area contributed by atoms with Crippen LogP contribution in [0.1, 0.15) is 11.7 Å². The predicted molar refractivity (Wildman–Crippen MR) is 52.1 cm³/mol. The standard InChI is InChI=1S/C8H8N4O3/c9-11-10-5-8(13)6-1-3-7(4-2-6)12(14)15/h1-4,8,13H,5H2. The molecule has 0 aliphatic carbocycles. The number of rotatable bonds is 4. The molecule has 1 N–H and O–H groups in total. The highest BCUT2D eigenvalue weighted by atomic mass is 16.6. The summed E-state index contributed by atoms with van der Waals surface area (Å²) in [6.07, 6.45) is -0.929. The topological polar surface area (TPSA) is 112 Å². The van der Waals surface area contributed by atoms with Crippen LogP contribution in [0.2, 0.25) is 0 Å². The molecular weight excluding hydrogens is 200 g/mol. The number of benzene rings is 1. The Morgan fingerprint density at radius 1 is 1.53 bits per heavy atom. The molecule has 0 amide bonds. The molecule has 7 heteroatoms. The smallest absolute Gasteiger partial charge is 0.269 e. The molecule has 0 aliphatic rings. The van der Waals surface area contributed by atoms with Crippen molar-refractivity contribution < 1.29 is 10.0 Å². The highest BCUT2D eigenvalue weighted by Gasteiger charge is 2.09. The summed E-state index contributed by atoms with van der Waals surface area (Å²) in [5, 5.41) is 23.0. The lowest BCUT2D eigenvalue weighted by Gasteiger charge is -2.06. The van der Waals surface area contributed by atoms with E-state index in [9.17, 15) is 15.2 Å². The number of nitro groups is 1. The first-order valence-corrected chi connectivity index (χ1v) is 4.08. The van der Waals surface area contributed by atoms with Crippen LogP contribution in [0.3, 0.4) is 0 Å². The van der Waals surface area contributed by atoms with Gasteiger partial charge < -0.3 is 5.11 Å². The van der Waals surface area contributed by atoms with Crippen LogP contribution in [0.15, 0.2) is 29.4 Å². The molecule has 78 valence electrons. The number of hydrogen-bond acceptors (Lipinski definition) is 4. The molecular formula is C8H8N4O3. The zero-order valence-electron chi connectivity index (χ0n) is 7.65. The Kier molecular flexibility index (Phi) is 3.61. The number of azide groups is 1. The lowest BCUT2D eigenvalue weighted by Crippen LogP contribution is -2.00. The van der Waals surface area contributed by atoms with E-state index in [1.807, 2.05) is 0 Å². The number of aliphatic hydroxyl groups excluding tert-OH is 1. The van der Waals surface area contributed by atoms with Crippen molar-refractivity contribution in [1.82, 2.24) is 0 Å². The van der Waals surface area contributed by atoms with E-state index in [4.69, 9.17) is 5.53 Å². The Hall–Kier alpha value is -2.11. The minimum atomic E-state index is -0.929. The van der Waals surface area contributed by atoms with Gasteiger partial charge in [-0.3, -0.25) is 10.1 Å². The van der Waals surface area contributed by atoms with E-state index in [1.54, 1.807) is 0 Å². The number of aliphatic hydroxyl groups is 1. The number of nitro benzene ring substituents is 1. The molecule has 0 bridgehead atoms. The van der Waals surface area contributed by atoms with Crippen molar-refractivity contribution in [2.75, 3.05) is 6.54 Å². The quantitative estimate of drug-likeness (QED) is 0.268. The van der Waals surface area contributed by atoms with Crippen LogP contribution >= 0.6 is 0 Å². The van der Waals surface area contributed by atoms with Crippen LogP contribution in [0.25, 0.3) is 10.4 Å². The van der Waals surface area contributed by atoms with Crippen molar-refractivity contribution in [3.05, 3.63) is 50.4 Å². The van der Waals surface area contributed by atoms with E-state index in [-0.39, 0.29) is 12.2 Å². The molecule has 1 unspecified atom stereocenters. The second-order valence-electron chi connectivity index (χ2n) is 2.78. The molecule has 1 rings (SSSR count). The zero-order chi connectivity index (χ0) is 11.3. The van der Waals surface area contributed by atoms with Gasteiger partial charge in [-0.1, -0.05) is 5.11 Å². The van der Waals surface area contributed by atoms with E-state index >= 15 is 0 Å². The van der Waals surface area contributed by atoms with E-state index in [0.717, 1.165) is 0 Å². The van der Waals surface area contributed by atoms with Gasteiger partial charge in [-0.2, -0.15) is 0 Å². The van der Waals surface area contributed by atoms with Crippen molar-refractivity contribution in [1.29, 1.82) is 0 Å². The van der Waals surface area contributed by atoms with Gasteiger partial charge in [0.1, 0.15) is 0 Å². The summed E-state index contributed by atoms with van der Waals surface area (Å²) in [6, 6.07) is 5.43. The third kappa shape index (κ3) is 2.94. The Labute approximate surface area is 84.7 Å². The van der Waals surface area contributed by atoms with Crippen molar-refractivity contribution in [2.24, 2.45) is 5.11 Å². The molecule has 1 atom stereocenters. The van der Waals surface area contributed by atoms with Gasteiger partial charge in [0, 0.05) is 17.0 Å². The van der Waals surface area contributed by atoms with Gasteiger partial charge in [0.05, 0.1) is 17.6 Å². The lowest BCUT2D eigenvalue weighted by atomic mass is 10.1. The summed E-state index contributed by atoms with van der Waals surface area (Å²) in [4.78, 5) is 12.3. The first-order valence-electron chi connectivity index (χ1n) is 4.08. The molecule has 0 aromatic heterocycles. The third-order valence-corrected chi connectivity index (χ3v) is 1.81. The summed E-state index contributed by atoms with van der Waals surface area (Å²) in [6.45, 7) is -0.0890. The number of nitrogens with zero attached hydrogens (tertiary/aromatic N) is 4. The molecule has 0 radical (unpaired) electrons. The van der Waals surface area contributed by atoms with Gasteiger partial charge in [0.15, 0.2) is 0 Å². The largest absolute Gasteiger partial charge is 0.388 e. The summed E-state index contributed by atoms with van der Waals surface area (Å²) < 4.78 is 0. The molecule has 1 aromatic carbocycles. The van der Waals surface area contributed by atoms with Gasteiger partial charge in [-0.15, -0.1) is 0 Å². The second kappa shape index (κ2) is 4.94. The highest BCUT2D eigenvalue weighted by molar-refractivity contribution is 5.33. The highest BCUT2D eigenvalue weighted by Crippen LogP contribution is 2.17. The van der Waals surface area contributed by atoms with Gasteiger partial charge in [-0.05, 0) is 23.2 Å². The van der Waals surface area contributed by atoms with Crippen molar-refractivity contribution in [3.63, 3.8) is 0 Å². The lowest BCUT2D eigenvalue weighted by molar-refractivity contribution is -0.384. The predicted octanol–water partition coefficient (Wildman–Crippen LogP) is 1.94. The minimum Gasteiger partial charge on any atom is -0.388 e. The first kappa shape index (κ1) is 11.0. The molecule has 7 nitrogen and oxygen atoms in total. The van der Waals surface area contributed by atoms with Crippen molar-refractivity contribution in [2.45, 2.75) is 6.10 Å². The van der Waals surface area contributed by atoms with E-state index in [0.29, 0.717) is 5.56 Å². The minimum absolute atomic E-state index is 0.0465. The van der Waals surface area contributed by atoms with Crippen LogP contribution in [-0.4, -0.2) is 16.6 Å². The summed E-state index contributed by atoms with van der Waals surface area (Å²) in [5.74, 6) is 0. The third-order valence-electron chi connectivity index (χ3n) is 1.81. The molecule has 0 aliphatic heterocycles. The first-order chi connectivity index (χ1) is 7.15. The van der Waals surface area contributed by atoms with Crippen LogP contribution in [0.4, 0.5) is 5.69 Å². The van der Waals surface area contributed by atoms with Crippen LogP contribution in [0.5, 0.6) is 0 Å². The van der Waals surface area contributed by atoms with Crippen molar-refractivity contribution >= 4 is 5.69 Å². The zero-order valence-corrected chi connectivity index (χ0v) is 7.65. The van der Waals surface area contributed by atoms with E-state index in [1.165, 1.54) is 24.3 Å². The summed E-state index contributed by atoms with van der Waals surface area (Å²) >= 11 is 0. The Bertz CT molecular complexity index is 397. The van der Waals surface area contributed by atoms with Crippen molar-refractivity contribution in [3.8, 4) is 0 Å². The average molecular weight is 208 g/mol. The number of non-ortho nitro benzene ring substituents is 1. The Balaban J connectivity index is 2.79. The fourth-order valence-electron chi connectivity index (χ4n) is 1.04. The Morgan fingerprint density at radius 3 is 2.60 bits per heavy atom. The fourth-order valence-corrected chi connectivity index (χ4v) is 1.04. The van der Waals surface area contributed by atoms with Crippen LogP contribution in [0, 0.1) is 10.1 Å². The molecule has 0 saturated heterocycles. The average Bonchev–Trinajstić information content (AvgIpc) is 2.26. The van der Waals surface area contributed by atoms with Crippen LogP contribution < -0.4 is 0 Å². The van der Waals surface area contributed by atoms with Gasteiger partial charge in [0.2, 0.25) is 0 Å². The summed E-state index contributed by atoms with van der Waals surface area (Å²) in [7, 11) is 0. The maximum Gasteiger partial charge on any atom is 0.269 e. The van der Waals surface area contributed by atoms with Gasteiger partial charge >= 0.3 is 0 Å². The van der Waals surface area contributed by atoms with Gasteiger partial charge in [-0.25, -0.2) is 0 Å². The summed E-state index contributed by atoms with van der Waals surface area (Å²) in [5.41, 5.74) is 8.47. The maximum atomic E-state index is 10.3. The molecule has 0 saturated carbocycles. The van der Waals surface area contributed by atoms with E-state index < -0.39 is 11.0 Å². The second-order valence-corrected chi connectivity index (χ2v) is 2.78. The Morgan fingerprint density at radius 2 is 2.13 bits per heavy atom. The SMILES string of the molecule is [N-]=[N+]=NCC(O)c1ccc([N+](=O)[O-])cc1. The van der Waals surface area contributed by atoms with Crippen LogP contribution in [-0.2, 0) is 0 Å².